The molecule has 5 heteroatoms. The van der Waals surface area contributed by atoms with Crippen LogP contribution in [0.4, 0.5) is 0 Å². The average molecular weight is 386 g/mol. The summed E-state index contributed by atoms with van der Waals surface area (Å²) in [7, 11) is 0. The summed E-state index contributed by atoms with van der Waals surface area (Å²) in [5, 5.41) is 9.00. The fourth-order valence-electron chi connectivity index (χ4n) is 3.68. The SMILES string of the molecule is CCN(C(=O)c1cc(C)n(Cc2ccccn2)c1C)C(C)c1ccc(C#N)cc1. The van der Waals surface area contributed by atoms with E-state index in [1.54, 1.807) is 18.3 Å². The molecule has 1 atom stereocenters. The number of amides is 1. The van der Waals surface area contributed by atoms with Crippen molar-refractivity contribution in [1.82, 2.24) is 14.5 Å². The Balaban J connectivity index is 1.87. The number of pyridine rings is 1. The summed E-state index contributed by atoms with van der Waals surface area (Å²) < 4.78 is 2.13. The fraction of sp³-hybridized carbons (Fsp3) is 0.292. The molecule has 2 aromatic heterocycles. The number of aromatic nitrogens is 2. The van der Waals surface area contributed by atoms with Gasteiger partial charge in [-0.3, -0.25) is 9.78 Å². The predicted molar refractivity (Wildman–Crippen MR) is 114 cm³/mol. The Bertz CT molecular complexity index is 1030. The van der Waals surface area contributed by atoms with E-state index in [0.717, 1.165) is 28.2 Å². The smallest absolute Gasteiger partial charge is 0.256 e. The lowest BCUT2D eigenvalue weighted by Crippen LogP contribution is -2.33. The van der Waals surface area contributed by atoms with Crippen LogP contribution in [0.15, 0.2) is 54.7 Å². The van der Waals surface area contributed by atoms with E-state index in [1.807, 2.05) is 69.0 Å². The third kappa shape index (κ3) is 4.22. The minimum atomic E-state index is -0.0842. The summed E-state index contributed by atoms with van der Waals surface area (Å²) in [5.74, 6) is 0.0183. The van der Waals surface area contributed by atoms with Gasteiger partial charge in [0.2, 0.25) is 0 Å². The minimum Gasteiger partial charge on any atom is -0.342 e. The van der Waals surface area contributed by atoms with E-state index in [0.29, 0.717) is 18.7 Å². The number of hydrogen-bond acceptors (Lipinski definition) is 3. The third-order valence-electron chi connectivity index (χ3n) is 5.44. The molecule has 2 heterocycles. The second-order valence-corrected chi connectivity index (χ2v) is 7.19. The van der Waals surface area contributed by atoms with Crippen LogP contribution in [0.3, 0.4) is 0 Å². The molecule has 0 fully saturated rings. The van der Waals surface area contributed by atoms with Gasteiger partial charge in [-0.15, -0.1) is 0 Å². The first-order valence-electron chi connectivity index (χ1n) is 9.84. The molecule has 0 radical (unpaired) electrons. The van der Waals surface area contributed by atoms with Crippen molar-refractivity contribution in [2.75, 3.05) is 6.54 Å². The third-order valence-corrected chi connectivity index (χ3v) is 5.44. The van der Waals surface area contributed by atoms with Crippen LogP contribution in [0.5, 0.6) is 0 Å². The van der Waals surface area contributed by atoms with Gasteiger partial charge in [0.05, 0.1) is 35.5 Å². The standard InChI is InChI=1S/C24H26N4O/c1-5-27(18(3)21-11-9-20(15-25)10-12-21)24(29)23-14-17(2)28(19(23)4)16-22-8-6-7-13-26-22/h6-14,18H,5,16H2,1-4H3. The Labute approximate surface area is 172 Å². The number of aryl methyl sites for hydroxylation is 1. The van der Waals surface area contributed by atoms with Gasteiger partial charge in [-0.25, -0.2) is 0 Å². The van der Waals surface area contributed by atoms with Crippen molar-refractivity contribution in [2.45, 2.75) is 40.3 Å². The number of rotatable bonds is 6. The van der Waals surface area contributed by atoms with Crippen molar-refractivity contribution in [3.05, 3.63) is 88.5 Å². The van der Waals surface area contributed by atoms with E-state index in [2.05, 4.69) is 15.6 Å². The lowest BCUT2D eigenvalue weighted by molar-refractivity contribution is 0.0701. The molecular formula is C24H26N4O. The number of benzene rings is 1. The van der Waals surface area contributed by atoms with Crippen molar-refractivity contribution in [3.8, 4) is 6.07 Å². The molecule has 0 aliphatic heterocycles. The summed E-state index contributed by atoms with van der Waals surface area (Å²) >= 11 is 0. The van der Waals surface area contributed by atoms with Gasteiger partial charge in [0.25, 0.3) is 5.91 Å². The summed E-state index contributed by atoms with van der Waals surface area (Å²) in [6.07, 6.45) is 1.79. The molecule has 3 aromatic rings. The Hall–Kier alpha value is -3.39. The maximum Gasteiger partial charge on any atom is 0.256 e. The molecule has 0 N–H and O–H groups in total. The maximum atomic E-state index is 13.4. The summed E-state index contributed by atoms with van der Waals surface area (Å²) in [4.78, 5) is 19.7. The fourth-order valence-corrected chi connectivity index (χ4v) is 3.68. The van der Waals surface area contributed by atoms with Crippen molar-refractivity contribution < 1.29 is 4.79 Å². The highest BCUT2D eigenvalue weighted by Gasteiger charge is 2.25. The van der Waals surface area contributed by atoms with E-state index in [-0.39, 0.29) is 11.9 Å². The van der Waals surface area contributed by atoms with Gasteiger partial charge in [0, 0.05) is 24.1 Å². The van der Waals surface area contributed by atoms with Crippen molar-refractivity contribution in [2.24, 2.45) is 0 Å². The molecule has 0 saturated heterocycles. The van der Waals surface area contributed by atoms with E-state index < -0.39 is 0 Å². The summed E-state index contributed by atoms with van der Waals surface area (Å²) in [5.41, 5.74) is 5.31. The zero-order valence-electron chi connectivity index (χ0n) is 17.4. The second kappa shape index (κ2) is 8.74. The topological polar surface area (TPSA) is 61.9 Å². The van der Waals surface area contributed by atoms with Crippen molar-refractivity contribution >= 4 is 5.91 Å². The van der Waals surface area contributed by atoms with Crippen LogP contribution in [0.2, 0.25) is 0 Å². The van der Waals surface area contributed by atoms with Crippen molar-refractivity contribution in [3.63, 3.8) is 0 Å². The molecule has 0 spiro atoms. The van der Waals surface area contributed by atoms with E-state index in [4.69, 9.17) is 5.26 Å². The molecule has 0 aliphatic carbocycles. The van der Waals surface area contributed by atoms with Crippen LogP contribution in [0.1, 0.15) is 58.5 Å². The number of hydrogen-bond donors (Lipinski definition) is 0. The van der Waals surface area contributed by atoms with Gasteiger partial charge < -0.3 is 9.47 Å². The van der Waals surface area contributed by atoms with Gasteiger partial charge in [0.1, 0.15) is 0 Å². The number of nitriles is 1. The molecule has 0 aliphatic rings. The van der Waals surface area contributed by atoms with Crippen LogP contribution >= 0.6 is 0 Å². The van der Waals surface area contributed by atoms with Gasteiger partial charge in [0.15, 0.2) is 0 Å². The predicted octanol–water partition coefficient (Wildman–Crippen LogP) is 4.64. The lowest BCUT2D eigenvalue weighted by Gasteiger charge is -2.28. The van der Waals surface area contributed by atoms with E-state index in [9.17, 15) is 4.79 Å². The number of nitrogens with zero attached hydrogens (tertiary/aromatic N) is 4. The molecule has 0 bridgehead atoms. The average Bonchev–Trinajstić information content (AvgIpc) is 3.03. The summed E-state index contributed by atoms with van der Waals surface area (Å²) in [6.45, 7) is 9.27. The maximum absolute atomic E-state index is 13.4. The van der Waals surface area contributed by atoms with Gasteiger partial charge in [-0.2, -0.15) is 5.26 Å². The van der Waals surface area contributed by atoms with Crippen LogP contribution in [-0.2, 0) is 6.54 Å². The molecule has 1 unspecified atom stereocenters. The molecule has 29 heavy (non-hydrogen) atoms. The highest BCUT2D eigenvalue weighted by molar-refractivity contribution is 5.96. The first kappa shape index (κ1) is 20.3. The van der Waals surface area contributed by atoms with Crippen LogP contribution < -0.4 is 0 Å². The number of carbonyl (C=O) groups excluding carboxylic acids is 1. The Morgan fingerprint density at radius 1 is 1.21 bits per heavy atom. The highest BCUT2D eigenvalue weighted by Crippen LogP contribution is 2.25. The van der Waals surface area contributed by atoms with Gasteiger partial charge in [-0.05, 0) is 63.6 Å². The first-order chi connectivity index (χ1) is 14.0. The Kier molecular flexibility index (Phi) is 6.13. The van der Waals surface area contributed by atoms with Crippen LogP contribution in [0.25, 0.3) is 0 Å². The largest absolute Gasteiger partial charge is 0.342 e. The highest BCUT2D eigenvalue weighted by atomic mass is 16.2. The first-order valence-corrected chi connectivity index (χ1v) is 9.84. The Morgan fingerprint density at radius 3 is 2.52 bits per heavy atom. The van der Waals surface area contributed by atoms with E-state index in [1.165, 1.54) is 0 Å². The zero-order valence-corrected chi connectivity index (χ0v) is 17.4. The quantitative estimate of drug-likeness (QED) is 0.620. The van der Waals surface area contributed by atoms with Crippen LogP contribution in [0, 0.1) is 25.2 Å². The number of carbonyl (C=O) groups is 1. The van der Waals surface area contributed by atoms with Gasteiger partial charge >= 0.3 is 0 Å². The van der Waals surface area contributed by atoms with Crippen molar-refractivity contribution in [1.29, 1.82) is 5.26 Å². The molecular weight excluding hydrogens is 360 g/mol. The monoisotopic (exact) mass is 386 g/mol. The van der Waals surface area contributed by atoms with Gasteiger partial charge in [-0.1, -0.05) is 18.2 Å². The van der Waals surface area contributed by atoms with Crippen LogP contribution in [-0.4, -0.2) is 26.9 Å². The minimum absolute atomic E-state index is 0.0183. The lowest BCUT2D eigenvalue weighted by atomic mass is 10.0. The normalized spacial score (nSPS) is 11.7. The summed E-state index contributed by atoms with van der Waals surface area (Å²) in [6, 6.07) is 17.3. The van der Waals surface area contributed by atoms with E-state index >= 15 is 0 Å². The molecule has 1 aromatic carbocycles. The zero-order chi connectivity index (χ0) is 21.0. The Morgan fingerprint density at radius 2 is 1.93 bits per heavy atom. The molecule has 0 saturated carbocycles. The molecule has 3 rings (SSSR count). The molecule has 5 nitrogen and oxygen atoms in total. The molecule has 148 valence electrons. The second-order valence-electron chi connectivity index (χ2n) is 7.19. The molecule has 1 amide bonds.